The van der Waals surface area contributed by atoms with Gasteiger partial charge in [-0.1, -0.05) is 6.07 Å². The van der Waals surface area contributed by atoms with Gasteiger partial charge in [0.2, 0.25) is 5.91 Å². The van der Waals surface area contributed by atoms with Crippen LogP contribution in [0.5, 0.6) is 0 Å². The average molecular weight is 326 g/mol. The first-order valence-corrected chi connectivity index (χ1v) is 8.49. The first kappa shape index (κ1) is 15.6. The molecule has 2 aromatic heterocycles. The smallest absolute Gasteiger partial charge is 0.236 e. The number of pyridine rings is 1. The number of imidazole rings is 1. The van der Waals surface area contributed by atoms with Crippen molar-refractivity contribution in [3.8, 4) is 0 Å². The predicted molar refractivity (Wildman–Crippen MR) is 94.6 cm³/mol. The molecule has 0 atom stereocenters. The van der Waals surface area contributed by atoms with E-state index in [2.05, 4.69) is 15.0 Å². The first-order valence-electron chi connectivity index (χ1n) is 7.34. The van der Waals surface area contributed by atoms with E-state index in [9.17, 15) is 4.79 Å². The van der Waals surface area contributed by atoms with Crippen LogP contribution >= 0.6 is 11.8 Å². The van der Waals surface area contributed by atoms with E-state index < -0.39 is 0 Å². The van der Waals surface area contributed by atoms with E-state index in [1.807, 2.05) is 43.3 Å². The number of hydrogen-bond acceptors (Lipinski definition) is 4. The molecule has 2 heterocycles. The lowest BCUT2D eigenvalue weighted by atomic mass is 10.2. The van der Waals surface area contributed by atoms with Gasteiger partial charge in [0, 0.05) is 24.7 Å². The van der Waals surface area contributed by atoms with Crippen LogP contribution in [0.3, 0.4) is 0 Å². The molecule has 1 amide bonds. The summed E-state index contributed by atoms with van der Waals surface area (Å²) >= 11 is 1.57. The van der Waals surface area contributed by atoms with E-state index >= 15 is 0 Å². The molecule has 118 valence electrons. The van der Waals surface area contributed by atoms with Gasteiger partial charge in [-0.2, -0.15) is 0 Å². The Morgan fingerprint density at radius 1 is 1.30 bits per heavy atom. The highest BCUT2D eigenvalue weighted by Crippen LogP contribution is 2.21. The highest BCUT2D eigenvalue weighted by Gasteiger charge is 2.12. The molecule has 0 radical (unpaired) electrons. The quantitative estimate of drug-likeness (QED) is 0.782. The van der Waals surface area contributed by atoms with Crippen molar-refractivity contribution in [2.45, 2.75) is 12.7 Å². The maximum atomic E-state index is 12.3. The molecule has 23 heavy (non-hydrogen) atoms. The zero-order valence-corrected chi connectivity index (χ0v) is 13.9. The number of hydrogen-bond donors (Lipinski definition) is 1. The number of carbonyl (C=O) groups excluding carboxylic acids is 1. The van der Waals surface area contributed by atoms with Gasteiger partial charge in [-0.05, 0) is 37.3 Å². The largest absolute Gasteiger partial charge is 0.342 e. The zero-order chi connectivity index (χ0) is 16.2. The fraction of sp³-hybridized carbons (Fsp3) is 0.235. The van der Waals surface area contributed by atoms with E-state index in [1.165, 1.54) is 0 Å². The maximum absolute atomic E-state index is 12.3. The number of nitrogens with zero attached hydrogens (tertiary/aromatic N) is 3. The Hall–Kier alpha value is -2.34. The number of aromatic amines is 1. The van der Waals surface area contributed by atoms with Crippen molar-refractivity contribution < 1.29 is 4.79 Å². The number of aromatic nitrogens is 3. The van der Waals surface area contributed by atoms with Gasteiger partial charge < -0.3 is 9.88 Å². The number of rotatable bonds is 5. The van der Waals surface area contributed by atoms with Crippen LogP contribution in [-0.2, 0) is 10.5 Å². The predicted octanol–water partition coefficient (Wildman–Crippen LogP) is 3.16. The van der Waals surface area contributed by atoms with Crippen molar-refractivity contribution in [1.29, 1.82) is 0 Å². The van der Waals surface area contributed by atoms with Crippen LogP contribution in [0.2, 0.25) is 0 Å². The van der Waals surface area contributed by atoms with Gasteiger partial charge in [0.25, 0.3) is 0 Å². The fourth-order valence-electron chi connectivity index (χ4n) is 2.30. The normalized spacial score (nSPS) is 10.9. The van der Waals surface area contributed by atoms with Crippen LogP contribution in [0.25, 0.3) is 11.0 Å². The summed E-state index contributed by atoms with van der Waals surface area (Å²) in [6, 6.07) is 11.6. The SMILES string of the molecule is Cc1nc2ccc(N(C)C(=O)CSCc3ccccn3)cc2[nH]1. The molecule has 0 aliphatic carbocycles. The van der Waals surface area contributed by atoms with Gasteiger partial charge >= 0.3 is 0 Å². The number of nitrogens with one attached hydrogen (secondary N) is 1. The standard InChI is InChI=1S/C17H18N4OS/c1-12-19-15-7-6-14(9-16(15)20-12)21(2)17(22)11-23-10-13-5-3-4-8-18-13/h3-9H,10-11H2,1-2H3,(H,19,20). The van der Waals surface area contributed by atoms with Crippen LogP contribution in [0, 0.1) is 6.92 Å². The number of H-pyrrole nitrogens is 1. The van der Waals surface area contributed by atoms with E-state index in [0.29, 0.717) is 5.75 Å². The van der Waals surface area contributed by atoms with Crippen molar-refractivity contribution >= 4 is 34.4 Å². The molecule has 1 aromatic carbocycles. The Bertz CT molecular complexity index is 816. The fourth-order valence-corrected chi connectivity index (χ4v) is 3.15. The molecule has 5 nitrogen and oxygen atoms in total. The van der Waals surface area contributed by atoms with E-state index in [-0.39, 0.29) is 5.91 Å². The summed E-state index contributed by atoms with van der Waals surface area (Å²) in [5.41, 5.74) is 3.71. The van der Waals surface area contributed by atoms with Crippen LogP contribution < -0.4 is 4.90 Å². The molecule has 0 spiro atoms. The minimum absolute atomic E-state index is 0.0709. The Morgan fingerprint density at radius 2 is 2.17 bits per heavy atom. The van der Waals surface area contributed by atoms with Gasteiger partial charge in [-0.3, -0.25) is 9.78 Å². The third-order valence-electron chi connectivity index (χ3n) is 3.55. The van der Waals surface area contributed by atoms with Gasteiger partial charge in [0.15, 0.2) is 0 Å². The first-order chi connectivity index (χ1) is 11.1. The van der Waals surface area contributed by atoms with Crippen molar-refractivity contribution in [1.82, 2.24) is 15.0 Å². The minimum atomic E-state index is 0.0709. The number of carbonyl (C=O) groups is 1. The lowest BCUT2D eigenvalue weighted by molar-refractivity contribution is -0.115. The summed E-state index contributed by atoms with van der Waals surface area (Å²) in [6.07, 6.45) is 1.77. The highest BCUT2D eigenvalue weighted by atomic mass is 32.2. The minimum Gasteiger partial charge on any atom is -0.342 e. The zero-order valence-electron chi connectivity index (χ0n) is 13.1. The number of benzene rings is 1. The molecule has 0 saturated heterocycles. The molecule has 3 aromatic rings. The molecule has 0 saturated carbocycles. The Kier molecular flexibility index (Phi) is 4.62. The monoisotopic (exact) mass is 326 g/mol. The number of amides is 1. The van der Waals surface area contributed by atoms with Gasteiger partial charge in [-0.15, -0.1) is 11.8 Å². The van der Waals surface area contributed by atoms with Gasteiger partial charge in [-0.25, -0.2) is 4.98 Å². The summed E-state index contributed by atoms with van der Waals surface area (Å²) in [5, 5.41) is 0. The van der Waals surface area contributed by atoms with Crippen LogP contribution in [0.4, 0.5) is 5.69 Å². The molecule has 0 fully saturated rings. The summed E-state index contributed by atoms with van der Waals surface area (Å²) in [5.74, 6) is 2.10. The number of thioether (sulfide) groups is 1. The van der Waals surface area contributed by atoms with Crippen molar-refractivity contribution in [3.63, 3.8) is 0 Å². The summed E-state index contributed by atoms with van der Waals surface area (Å²) < 4.78 is 0. The second-order valence-electron chi connectivity index (χ2n) is 5.29. The Labute approximate surface area is 139 Å². The maximum Gasteiger partial charge on any atom is 0.236 e. The molecule has 0 bridgehead atoms. The van der Waals surface area contributed by atoms with Crippen LogP contribution in [0.15, 0.2) is 42.6 Å². The van der Waals surface area contributed by atoms with Crippen LogP contribution in [0.1, 0.15) is 11.5 Å². The number of anilines is 1. The summed E-state index contributed by atoms with van der Waals surface area (Å²) in [6.45, 7) is 1.92. The van der Waals surface area contributed by atoms with Crippen molar-refractivity contribution in [2.24, 2.45) is 0 Å². The summed E-state index contributed by atoms with van der Waals surface area (Å²) in [4.78, 5) is 25.8. The third kappa shape index (κ3) is 3.71. The molecular formula is C17H18N4OS. The van der Waals surface area contributed by atoms with E-state index in [1.54, 1.807) is 29.9 Å². The van der Waals surface area contributed by atoms with Crippen LogP contribution in [-0.4, -0.2) is 33.7 Å². The topological polar surface area (TPSA) is 61.9 Å². The number of fused-ring (bicyclic) bond motifs is 1. The van der Waals surface area contributed by atoms with E-state index in [4.69, 9.17) is 0 Å². The summed E-state index contributed by atoms with van der Waals surface area (Å²) in [7, 11) is 1.80. The lowest BCUT2D eigenvalue weighted by Gasteiger charge is -2.17. The number of aryl methyl sites for hydroxylation is 1. The van der Waals surface area contributed by atoms with Gasteiger partial charge in [0.05, 0.1) is 22.5 Å². The Morgan fingerprint density at radius 3 is 2.96 bits per heavy atom. The molecule has 0 aliphatic heterocycles. The Balaban J connectivity index is 1.61. The molecule has 0 unspecified atom stereocenters. The average Bonchev–Trinajstić information content (AvgIpc) is 2.94. The lowest BCUT2D eigenvalue weighted by Crippen LogP contribution is -2.27. The molecule has 0 aliphatic rings. The van der Waals surface area contributed by atoms with Gasteiger partial charge in [0.1, 0.15) is 5.82 Å². The van der Waals surface area contributed by atoms with Crippen molar-refractivity contribution in [3.05, 3.63) is 54.1 Å². The second-order valence-corrected chi connectivity index (χ2v) is 6.28. The van der Waals surface area contributed by atoms with Crippen molar-refractivity contribution in [2.75, 3.05) is 17.7 Å². The molecular weight excluding hydrogens is 308 g/mol. The highest BCUT2D eigenvalue weighted by molar-refractivity contribution is 7.99. The third-order valence-corrected chi connectivity index (χ3v) is 4.50. The second kappa shape index (κ2) is 6.83. The van der Waals surface area contributed by atoms with E-state index in [0.717, 1.165) is 34.0 Å². The molecule has 6 heteroatoms. The molecule has 1 N–H and O–H groups in total. The molecule has 3 rings (SSSR count).